The predicted molar refractivity (Wildman–Crippen MR) is 127 cm³/mol. The van der Waals surface area contributed by atoms with Crippen LogP contribution in [-0.4, -0.2) is 50.5 Å². The first-order valence-electron chi connectivity index (χ1n) is 12.1. The van der Waals surface area contributed by atoms with Gasteiger partial charge in [0.1, 0.15) is 11.3 Å². The van der Waals surface area contributed by atoms with E-state index in [0.717, 1.165) is 0 Å². The maximum atomic E-state index is 13.7. The van der Waals surface area contributed by atoms with Crippen molar-refractivity contribution >= 4 is 22.6 Å². The minimum absolute atomic E-state index is 0.0407. The highest BCUT2D eigenvalue weighted by molar-refractivity contribution is 5.91. The fraction of sp³-hybridized carbons (Fsp3) is 0.346. The van der Waals surface area contributed by atoms with E-state index in [4.69, 9.17) is 13.9 Å². The molecule has 0 radical (unpaired) electrons. The van der Waals surface area contributed by atoms with E-state index in [-0.39, 0.29) is 12.3 Å². The first-order chi connectivity index (χ1) is 18.6. The van der Waals surface area contributed by atoms with Crippen molar-refractivity contribution in [2.75, 3.05) is 13.7 Å². The number of esters is 1. The third kappa shape index (κ3) is 4.17. The van der Waals surface area contributed by atoms with Gasteiger partial charge in [0.25, 0.3) is 5.82 Å². The summed E-state index contributed by atoms with van der Waals surface area (Å²) in [5.41, 5.74) is 1.60. The van der Waals surface area contributed by atoms with E-state index in [1.54, 1.807) is 19.1 Å². The molecule has 1 aliphatic carbocycles. The third-order valence-electron chi connectivity index (χ3n) is 7.32. The molecule has 0 saturated heterocycles. The zero-order chi connectivity index (χ0) is 27.5. The largest absolute Gasteiger partial charge is 0.469 e. The summed E-state index contributed by atoms with van der Waals surface area (Å²) in [5.74, 6) is -2.79. The van der Waals surface area contributed by atoms with Crippen molar-refractivity contribution in [2.45, 2.75) is 37.5 Å². The highest BCUT2D eigenvalue weighted by Crippen LogP contribution is 2.54. The van der Waals surface area contributed by atoms with Gasteiger partial charge in [-0.05, 0) is 64.7 Å². The van der Waals surface area contributed by atoms with Crippen LogP contribution in [0.3, 0.4) is 0 Å². The van der Waals surface area contributed by atoms with Crippen LogP contribution in [-0.2, 0) is 20.4 Å². The average molecular weight is 543 g/mol. The number of rotatable bonds is 4. The van der Waals surface area contributed by atoms with Gasteiger partial charge >= 0.3 is 12.1 Å². The molecule has 0 bridgehead atoms. The summed E-state index contributed by atoms with van der Waals surface area (Å²) in [7, 11) is 1.31. The van der Waals surface area contributed by atoms with Gasteiger partial charge in [-0.3, -0.25) is 4.79 Å². The van der Waals surface area contributed by atoms with Gasteiger partial charge in [-0.15, -0.1) is 5.10 Å². The lowest BCUT2D eigenvalue weighted by atomic mass is 9.79. The maximum absolute atomic E-state index is 13.7. The summed E-state index contributed by atoms with van der Waals surface area (Å²) in [5, 5.41) is 9.89. The second-order valence-corrected chi connectivity index (χ2v) is 9.60. The molecule has 3 unspecified atom stereocenters. The molecule has 6 rings (SSSR count). The molecule has 2 aliphatic rings. The molecule has 1 spiro atoms. The smallest absolute Gasteiger partial charge is 0.453 e. The molecule has 2 aromatic carbocycles. The van der Waals surface area contributed by atoms with Gasteiger partial charge in [0.2, 0.25) is 0 Å². The number of halogens is 4. The van der Waals surface area contributed by atoms with Gasteiger partial charge in [0.05, 0.1) is 30.9 Å². The zero-order valence-corrected chi connectivity index (χ0v) is 20.7. The standard InChI is InChI=1S/C26H21F4N5O4/c1-13-31-20-10-17(35-24(26(28,29)30)32-33-34-35)9-19(22(20)39-13)15-11-25(38-12-15)8-7-18(23(36)37-2)21(25)14-3-5-16(27)6-4-14/h3-6,9-11,18,21H,7-8,12H2,1-2H3. The molecule has 0 amide bonds. The zero-order valence-electron chi connectivity index (χ0n) is 20.7. The molecule has 2 aromatic heterocycles. The normalized spacial score (nSPS) is 23.1. The Hall–Kier alpha value is -4.13. The summed E-state index contributed by atoms with van der Waals surface area (Å²) in [6.07, 6.45) is -1.96. The molecular formula is C26H21F4N5O4. The van der Waals surface area contributed by atoms with Gasteiger partial charge < -0.3 is 13.9 Å². The molecule has 0 N–H and O–H groups in total. The van der Waals surface area contributed by atoms with Crippen molar-refractivity contribution in [3.63, 3.8) is 0 Å². The van der Waals surface area contributed by atoms with Crippen LogP contribution < -0.4 is 0 Å². The number of nitrogens with zero attached hydrogens (tertiary/aromatic N) is 5. The van der Waals surface area contributed by atoms with Crippen LogP contribution in [0.15, 0.2) is 46.9 Å². The third-order valence-corrected chi connectivity index (χ3v) is 7.32. The second kappa shape index (κ2) is 8.97. The van der Waals surface area contributed by atoms with E-state index < -0.39 is 41.2 Å². The number of carbonyl (C=O) groups is 1. The highest BCUT2D eigenvalue weighted by Gasteiger charge is 2.54. The number of fused-ring (bicyclic) bond motifs is 1. The first kappa shape index (κ1) is 25.2. The Bertz CT molecular complexity index is 1610. The number of aryl methyl sites for hydroxylation is 1. The van der Waals surface area contributed by atoms with Crippen molar-refractivity contribution in [1.29, 1.82) is 0 Å². The molecule has 4 aromatic rings. The summed E-state index contributed by atoms with van der Waals surface area (Å²) < 4.78 is 72.2. The topological polar surface area (TPSA) is 105 Å². The molecule has 3 heterocycles. The quantitative estimate of drug-likeness (QED) is 0.267. The molecule has 13 heteroatoms. The van der Waals surface area contributed by atoms with Crippen molar-refractivity contribution in [2.24, 2.45) is 5.92 Å². The van der Waals surface area contributed by atoms with Crippen LogP contribution in [0.1, 0.15) is 41.6 Å². The van der Waals surface area contributed by atoms with Crippen LogP contribution in [0.2, 0.25) is 0 Å². The summed E-state index contributed by atoms with van der Waals surface area (Å²) in [4.78, 5) is 17.0. The maximum Gasteiger partial charge on any atom is 0.453 e. The van der Waals surface area contributed by atoms with Gasteiger partial charge in [-0.2, -0.15) is 17.9 Å². The number of benzene rings is 2. The Morgan fingerprint density at radius 2 is 1.97 bits per heavy atom. The Balaban J connectivity index is 1.49. The van der Waals surface area contributed by atoms with Gasteiger partial charge in [-0.1, -0.05) is 12.1 Å². The van der Waals surface area contributed by atoms with Crippen molar-refractivity contribution in [3.8, 4) is 5.69 Å². The minimum Gasteiger partial charge on any atom is -0.469 e. The number of alkyl halides is 3. The summed E-state index contributed by atoms with van der Waals surface area (Å²) in [6.45, 7) is 1.72. The van der Waals surface area contributed by atoms with Gasteiger partial charge in [-0.25, -0.2) is 9.37 Å². The minimum atomic E-state index is -4.78. The first-order valence-corrected chi connectivity index (χ1v) is 12.1. The average Bonchev–Trinajstić information content (AvgIpc) is 3.69. The summed E-state index contributed by atoms with van der Waals surface area (Å²) in [6, 6.07) is 8.79. The fourth-order valence-corrected chi connectivity index (χ4v) is 5.73. The van der Waals surface area contributed by atoms with E-state index >= 15 is 0 Å². The van der Waals surface area contributed by atoms with Crippen LogP contribution in [0.25, 0.3) is 22.4 Å². The number of methoxy groups -OCH3 is 1. The van der Waals surface area contributed by atoms with Gasteiger partial charge in [0, 0.05) is 18.4 Å². The molecular weight excluding hydrogens is 522 g/mol. The van der Waals surface area contributed by atoms with Crippen LogP contribution in [0.4, 0.5) is 17.6 Å². The number of aromatic nitrogens is 5. The highest BCUT2D eigenvalue weighted by atomic mass is 19.4. The Kier molecular flexibility index (Phi) is 5.79. The number of hydrogen-bond donors (Lipinski definition) is 0. The number of oxazole rings is 1. The second-order valence-electron chi connectivity index (χ2n) is 9.60. The lowest BCUT2D eigenvalue weighted by Crippen LogP contribution is -2.34. The van der Waals surface area contributed by atoms with Crippen LogP contribution in [0, 0.1) is 18.7 Å². The number of carbonyl (C=O) groups excluding carboxylic acids is 1. The van der Waals surface area contributed by atoms with E-state index in [9.17, 15) is 22.4 Å². The van der Waals surface area contributed by atoms with E-state index in [1.165, 1.54) is 31.4 Å². The van der Waals surface area contributed by atoms with E-state index in [1.807, 2.05) is 6.08 Å². The monoisotopic (exact) mass is 543 g/mol. The molecule has 1 fully saturated rings. The lowest BCUT2D eigenvalue weighted by molar-refractivity contribution is -0.147. The molecule has 1 saturated carbocycles. The lowest BCUT2D eigenvalue weighted by Gasteiger charge is -2.31. The number of ether oxygens (including phenoxy) is 2. The van der Waals surface area contributed by atoms with Crippen LogP contribution >= 0.6 is 0 Å². The Morgan fingerprint density at radius 1 is 1.21 bits per heavy atom. The SMILES string of the molecule is COC(=O)C1CCC2(C=C(c3cc(-n4nnnc4C(F)(F)F)cc4nc(C)oc34)CO2)C1c1ccc(F)cc1. The van der Waals surface area contributed by atoms with Crippen molar-refractivity contribution in [3.05, 3.63) is 71.1 Å². The van der Waals surface area contributed by atoms with E-state index in [2.05, 4.69) is 20.5 Å². The number of hydrogen-bond acceptors (Lipinski definition) is 8. The molecule has 202 valence electrons. The predicted octanol–water partition coefficient (Wildman–Crippen LogP) is 4.79. The molecule has 1 aliphatic heterocycles. The summed E-state index contributed by atoms with van der Waals surface area (Å²) >= 11 is 0. The van der Waals surface area contributed by atoms with Crippen LogP contribution in [0.5, 0.6) is 0 Å². The van der Waals surface area contributed by atoms with Gasteiger partial charge in [0.15, 0.2) is 11.5 Å². The molecule has 39 heavy (non-hydrogen) atoms. The fourth-order valence-electron chi connectivity index (χ4n) is 5.73. The Labute approximate surface area is 218 Å². The molecule has 9 nitrogen and oxygen atoms in total. The van der Waals surface area contributed by atoms with Crippen molar-refractivity contribution < 1.29 is 36.2 Å². The molecule has 3 atom stereocenters. The van der Waals surface area contributed by atoms with E-state index in [0.29, 0.717) is 51.2 Å². The van der Waals surface area contributed by atoms with Crippen molar-refractivity contribution in [1.82, 2.24) is 25.2 Å². The Morgan fingerprint density at radius 3 is 2.69 bits per heavy atom. The number of tetrazole rings is 1.